The minimum absolute atomic E-state index is 0.0152. The molecule has 150 valence electrons. The first kappa shape index (κ1) is 21.3. The van der Waals surface area contributed by atoms with Crippen LogP contribution in [0.2, 0.25) is 0 Å². The second kappa shape index (κ2) is 9.86. The highest BCUT2D eigenvalue weighted by atomic mass is 79.9. The summed E-state index contributed by atoms with van der Waals surface area (Å²) in [6, 6.07) is 20.7. The summed E-state index contributed by atoms with van der Waals surface area (Å²) in [7, 11) is 0. The van der Waals surface area contributed by atoms with Crippen LogP contribution in [-0.4, -0.2) is 5.91 Å². The van der Waals surface area contributed by atoms with E-state index in [1.807, 2.05) is 31.2 Å². The molecule has 0 saturated heterocycles. The SMILES string of the molecule is Cc1ccccc1NC(=O)/C(C#N)=C\c1ccc(OCc2cccc(F)c2)c(Br)c1. The van der Waals surface area contributed by atoms with Gasteiger partial charge in [-0.2, -0.15) is 5.26 Å². The predicted molar refractivity (Wildman–Crippen MR) is 118 cm³/mol. The minimum atomic E-state index is -0.477. The van der Waals surface area contributed by atoms with Gasteiger partial charge in [0, 0.05) is 5.69 Å². The zero-order chi connectivity index (χ0) is 21.5. The number of carbonyl (C=O) groups is 1. The maximum atomic E-state index is 13.3. The van der Waals surface area contributed by atoms with Crippen molar-refractivity contribution in [3.05, 3.63) is 99.3 Å². The molecule has 6 heteroatoms. The van der Waals surface area contributed by atoms with Crippen molar-refractivity contribution >= 4 is 33.6 Å². The average Bonchev–Trinajstić information content (AvgIpc) is 2.73. The van der Waals surface area contributed by atoms with Gasteiger partial charge in [-0.15, -0.1) is 0 Å². The number of rotatable bonds is 6. The molecule has 0 aliphatic carbocycles. The van der Waals surface area contributed by atoms with Crippen LogP contribution < -0.4 is 10.1 Å². The van der Waals surface area contributed by atoms with E-state index in [0.717, 1.165) is 5.56 Å². The molecule has 0 aromatic heterocycles. The van der Waals surface area contributed by atoms with Crippen molar-refractivity contribution in [2.75, 3.05) is 5.32 Å². The van der Waals surface area contributed by atoms with Gasteiger partial charge in [0.05, 0.1) is 4.47 Å². The van der Waals surface area contributed by atoms with Crippen molar-refractivity contribution in [3.63, 3.8) is 0 Å². The Hall–Kier alpha value is -3.43. The maximum absolute atomic E-state index is 13.3. The second-order valence-electron chi connectivity index (χ2n) is 6.55. The number of benzene rings is 3. The Morgan fingerprint density at radius 2 is 1.97 bits per heavy atom. The van der Waals surface area contributed by atoms with Crippen molar-refractivity contribution in [3.8, 4) is 11.8 Å². The van der Waals surface area contributed by atoms with Gasteiger partial charge in [-0.1, -0.05) is 36.4 Å². The Morgan fingerprint density at radius 3 is 2.67 bits per heavy atom. The van der Waals surface area contributed by atoms with E-state index in [1.165, 1.54) is 18.2 Å². The molecule has 0 heterocycles. The standard InChI is InChI=1S/C24H18BrFN2O2/c1-16-5-2-3-8-22(16)28-24(29)19(14-27)11-17-9-10-23(21(25)13-17)30-15-18-6-4-7-20(26)12-18/h2-13H,15H2,1H3,(H,28,29)/b19-11-. The van der Waals surface area contributed by atoms with Crippen LogP contribution in [-0.2, 0) is 11.4 Å². The lowest BCUT2D eigenvalue weighted by Gasteiger charge is -2.10. The van der Waals surface area contributed by atoms with Gasteiger partial charge in [-0.05, 0) is 76.0 Å². The van der Waals surface area contributed by atoms with E-state index < -0.39 is 5.91 Å². The van der Waals surface area contributed by atoms with Crippen LogP contribution >= 0.6 is 15.9 Å². The first-order valence-electron chi connectivity index (χ1n) is 9.12. The Bertz CT molecular complexity index is 1150. The topological polar surface area (TPSA) is 62.1 Å². The van der Waals surface area contributed by atoms with Crippen LogP contribution in [0.1, 0.15) is 16.7 Å². The van der Waals surface area contributed by atoms with E-state index in [0.29, 0.717) is 27.0 Å². The van der Waals surface area contributed by atoms with Crippen molar-refractivity contribution < 1.29 is 13.9 Å². The van der Waals surface area contributed by atoms with Gasteiger partial charge >= 0.3 is 0 Å². The van der Waals surface area contributed by atoms with Gasteiger partial charge in [0.1, 0.15) is 29.8 Å². The Kier molecular flexibility index (Phi) is 6.99. The summed E-state index contributed by atoms with van der Waals surface area (Å²) in [4.78, 5) is 12.5. The molecule has 0 radical (unpaired) electrons. The summed E-state index contributed by atoms with van der Waals surface area (Å²) < 4.78 is 19.7. The van der Waals surface area contributed by atoms with Crippen LogP contribution in [0.3, 0.4) is 0 Å². The van der Waals surface area contributed by atoms with Gasteiger partial charge in [0.15, 0.2) is 0 Å². The molecule has 0 bridgehead atoms. The number of nitriles is 1. The fraction of sp³-hybridized carbons (Fsp3) is 0.0833. The zero-order valence-corrected chi connectivity index (χ0v) is 17.7. The van der Waals surface area contributed by atoms with Crippen molar-refractivity contribution in [1.29, 1.82) is 5.26 Å². The van der Waals surface area contributed by atoms with Crippen molar-refractivity contribution in [2.45, 2.75) is 13.5 Å². The second-order valence-corrected chi connectivity index (χ2v) is 7.40. The molecule has 0 atom stereocenters. The van der Waals surface area contributed by atoms with Crippen LogP contribution in [0.25, 0.3) is 6.08 Å². The Morgan fingerprint density at radius 1 is 1.17 bits per heavy atom. The molecule has 0 unspecified atom stereocenters. The van der Waals surface area contributed by atoms with E-state index in [9.17, 15) is 14.4 Å². The summed E-state index contributed by atoms with van der Waals surface area (Å²) in [6.45, 7) is 2.10. The van der Waals surface area contributed by atoms with E-state index in [4.69, 9.17) is 4.74 Å². The number of aryl methyl sites for hydroxylation is 1. The molecule has 30 heavy (non-hydrogen) atoms. The number of hydrogen-bond acceptors (Lipinski definition) is 3. The smallest absolute Gasteiger partial charge is 0.266 e. The number of halogens is 2. The lowest BCUT2D eigenvalue weighted by Crippen LogP contribution is -2.14. The van der Waals surface area contributed by atoms with Crippen LogP contribution in [0.5, 0.6) is 5.75 Å². The van der Waals surface area contributed by atoms with Gasteiger partial charge in [0.2, 0.25) is 0 Å². The third kappa shape index (κ3) is 5.56. The highest BCUT2D eigenvalue weighted by Gasteiger charge is 2.11. The van der Waals surface area contributed by atoms with E-state index in [2.05, 4.69) is 21.2 Å². The fourth-order valence-corrected chi connectivity index (χ4v) is 3.24. The summed E-state index contributed by atoms with van der Waals surface area (Å²) >= 11 is 3.44. The zero-order valence-electron chi connectivity index (χ0n) is 16.2. The molecule has 1 amide bonds. The predicted octanol–water partition coefficient (Wildman–Crippen LogP) is 6.02. The van der Waals surface area contributed by atoms with E-state index in [-0.39, 0.29) is 18.0 Å². The largest absolute Gasteiger partial charge is 0.488 e. The Labute approximate surface area is 182 Å². The first-order chi connectivity index (χ1) is 14.5. The maximum Gasteiger partial charge on any atom is 0.266 e. The van der Waals surface area contributed by atoms with Gasteiger partial charge in [-0.3, -0.25) is 4.79 Å². The lowest BCUT2D eigenvalue weighted by molar-refractivity contribution is -0.112. The molecule has 0 fully saturated rings. The normalized spacial score (nSPS) is 10.9. The van der Waals surface area contributed by atoms with Gasteiger partial charge in [-0.25, -0.2) is 4.39 Å². The molecular formula is C24H18BrFN2O2. The van der Waals surface area contributed by atoms with Crippen LogP contribution in [0.15, 0.2) is 76.8 Å². The van der Waals surface area contributed by atoms with Gasteiger partial charge in [0.25, 0.3) is 5.91 Å². The molecule has 1 N–H and O–H groups in total. The van der Waals surface area contributed by atoms with E-state index in [1.54, 1.807) is 36.4 Å². The number of nitrogens with one attached hydrogen (secondary N) is 1. The quantitative estimate of drug-likeness (QED) is 0.358. The highest BCUT2D eigenvalue weighted by Crippen LogP contribution is 2.28. The molecule has 0 aliphatic rings. The fourth-order valence-electron chi connectivity index (χ4n) is 2.73. The Balaban J connectivity index is 1.72. The number of para-hydroxylation sites is 1. The number of amides is 1. The third-order valence-electron chi connectivity index (χ3n) is 4.31. The summed E-state index contributed by atoms with van der Waals surface area (Å²) in [5.41, 5.74) is 2.93. The highest BCUT2D eigenvalue weighted by molar-refractivity contribution is 9.10. The number of carbonyl (C=O) groups excluding carboxylic acids is 1. The first-order valence-corrected chi connectivity index (χ1v) is 9.91. The molecule has 4 nitrogen and oxygen atoms in total. The van der Waals surface area contributed by atoms with Crippen molar-refractivity contribution in [1.82, 2.24) is 0 Å². The van der Waals surface area contributed by atoms with Gasteiger partial charge < -0.3 is 10.1 Å². The average molecular weight is 465 g/mol. The van der Waals surface area contributed by atoms with Crippen LogP contribution in [0.4, 0.5) is 10.1 Å². The third-order valence-corrected chi connectivity index (χ3v) is 4.93. The number of anilines is 1. The number of ether oxygens (including phenoxy) is 1. The number of hydrogen-bond donors (Lipinski definition) is 1. The minimum Gasteiger partial charge on any atom is -0.488 e. The summed E-state index contributed by atoms with van der Waals surface area (Å²) in [5.74, 6) is -0.225. The summed E-state index contributed by atoms with van der Waals surface area (Å²) in [5, 5.41) is 12.2. The summed E-state index contributed by atoms with van der Waals surface area (Å²) in [6.07, 6.45) is 1.51. The van der Waals surface area contributed by atoms with E-state index >= 15 is 0 Å². The molecular weight excluding hydrogens is 447 g/mol. The molecule has 0 saturated carbocycles. The molecule has 3 rings (SSSR count). The molecule has 0 spiro atoms. The molecule has 3 aromatic carbocycles. The van der Waals surface area contributed by atoms with Crippen LogP contribution in [0, 0.1) is 24.1 Å². The number of nitrogens with zero attached hydrogens (tertiary/aromatic N) is 1. The lowest BCUT2D eigenvalue weighted by atomic mass is 10.1. The molecule has 0 aliphatic heterocycles. The van der Waals surface area contributed by atoms with Crippen molar-refractivity contribution in [2.24, 2.45) is 0 Å². The monoisotopic (exact) mass is 464 g/mol. The molecule has 3 aromatic rings.